The third-order valence-electron chi connectivity index (χ3n) is 5.77. The Balaban J connectivity index is 1.49. The molecule has 1 aliphatic rings. The van der Waals surface area contributed by atoms with Gasteiger partial charge in [-0.3, -0.25) is 4.90 Å². The standard InChI is InChI=1S/C23H24FN5OS/c1-2-19-25-23-29(26-19)22(30)21(31-23)20(16-7-6-8-17(24)15-16)28-13-11-27(12-14-28)18-9-4-3-5-10-18/h3-10,15,20,30H,2,11-14H2,1H3/t20-/m1/s1. The summed E-state index contributed by atoms with van der Waals surface area (Å²) in [5.74, 6) is 0.511. The highest BCUT2D eigenvalue weighted by Gasteiger charge is 2.32. The Morgan fingerprint density at radius 1 is 1.06 bits per heavy atom. The summed E-state index contributed by atoms with van der Waals surface area (Å²) in [4.78, 5) is 10.6. The molecule has 1 atom stereocenters. The van der Waals surface area contributed by atoms with E-state index in [1.54, 1.807) is 12.1 Å². The molecule has 0 saturated carbocycles. The zero-order valence-corrected chi connectivity index (χ0v) is 18.1. The van der Waals surface area contributed by atoms with Gasteiger partial charge < -0.3 is 10.0 Å². The highest BCUT2D eigenvalue weighted by atomic mass is 32.1. The second-order valence-electron chi connectivity index (χ2n) is 7.68. The van der Waals surface area contributed by atoms with E-state index in [4.69, 9.17) is 0 Å². The van der Waals surface area contributed by atoms with E-state index in [-0.39, 0.29) is 17.7 Å². The number of piperazine rings is 1. The number of halogens is 1. The van der Waals surface area contributed by atoms with Crippen LogP contribution in [0.25, 0.3) is 4.96 Å². The van der Waals surface area contributed by atoms with Crippen molar-refractivity contribution in [2.24, 2.45) is 0 Å². The minimum Gasteiger partial charge on any atom is -0.492 e. The van der Waals surface area contributed by atoms with Crippen LogP contribution in [-0.4, -0.2) is 50.8 Å². The maximum atomic E-state index is 14.1. The summed E-state index contributed by atoms with van der Waals surface area (Å²) >= 11 is 1.42. The molecule has 0 spiro atoms. The van der Waals surface area contributed by atoms with Crippen molar-refractivity contribution in [3.63, 3.8) is 0 Å². The fourth-order valence-corrected chi connectivity index (χ4v) is 5.34. The summed E-state index contributed by atoms with van der Waals surface area (Å²) < 4.78 is 15.6. The second-order valence-corrected chi connectivity index (χ2v) is 8.69. The van der Waals surface area contributed by atoms with E-state index in [0.29, 0.717) is 17.2 Å². The van der Waals surface area contributed by atoms with Gasteiger partial charge in [0.25, 0.3) is 0 Å². The molecule has 1 fully saturated rings. The van der Waals surface area contributed by atoms with E-state index in [1.807, 2.05) is 31.2 Å². The zero-order valence-electron chi connectivity index (χ0n) is 17.3. The maximum Gasteiger partial charge on any atom is 0.230 e. The van der Waals surface area contributed by atoms with Gasteiger partial charge in [0.05, 0.1) is 10.9 Å². The van der Waals surface area contributed by atoms with E-state index in [9.17, 15) is 9.50 Å². The molecule has 0 unspecified atom stereocenters. The van der Waals surface area contributed by atoms with Crippen LogP contribution in [0.3, 0.4) is 0 Å². The molecule has 31 heavy (non-hydrogen) atoms. The Hall–Kier alpha value is -2.97. The first-order valence-corrected chi connectivity index (χ1v) is 11.3. The summed E-state index contributed by atoms with van der Waals surface area (Å²) in [6.07, 6.45) is 0.706. The van der Waals surface area contributed by atoms with Crippen LogP contribution in [0.5, 0.6) is 5.88 Å². The lowest BCUT2D eigenvalue weighted by Crippen LogP contribution is -2.47. The number of benzene rings is 2. The average Bonchev–Trinajstić information content (AvgIpc) is 3.34. The van der Waals surface area contributed by atoms with Gasteiger partial charge in [-0.05, 0) is 29.8 Å². The highest BCUT2D eigenvalue weighted by Crippen LogP contribution is 2.40. The van der Waals surface area contributed by atoms with Gasteiger partial charge in [0, 0.05) is 38.3 Å². The van der Waals surface area contributed by atoms with Crippen LogP contribution in [0.2, 0.25) is 0 Å². The molecule has 8 heteroatoms. The lowest BCUT2D eigenvalue weighted by atomic mass is 10.0. The molecule has 6 nitrogen and oxygen atoms in total. The summed E-state index contributed by atoms with van der Waals surface area (Å²) in [6, 6.07) is 16.8. The Kier molecular flexibility index (Phi) is 5.33. The van der Waals surface area contributed by atoms with E-state index in [0.717, 1.165) is 36.6 Å². The molecule has 0 bridgehead atoms. The van der Waals surface area contributed by atoms with Crippen LogP contribution in [0.1, 0.15) is 29.2 Å². The largest absolute Gasteiger partial charge is 0.492 e. The quantitative estimate of drug-likeness (QED) is 0.509. The van der Waals surface area contributed by atoms with Gasteiger partial charge >= 0.3 is 0 Å². The lowest BCUT2D eigenvalue weighted by Gasteiger charge is -2.40. The van der Waals surface area contributed by atoms with Crippen molar-refractivity contribution in [3.8, 4) is 5.88 Å². The number of hydrogen-bond acceptors (Lipinski definition) is 6. The molecule has 0 amide bonds. The van der Waals surface area contributed by atoms with Crippen molar-refractivity contribution in [1.82, 2.24) is 19.5 Å². The van der Waals surface area contributed by atoms with Crippen molar-refractivity contribution in [3.05, 3.63) is 76.7 Å². The Bertz CT molecular complexity index is 1180. The van der Waals surface area contributed by atoms with Crippen molar-refractivity contribution >= 4 is 22.0 Å². The van der Waals surface area contributed by atoms with Gasteiger partial charge in [-0.25, -0.2) is 9.37 Å². The summed E-state index contributed by atoms with van der Waals surface area (Å²) in [6.45, 7) is 5.29. The third kappa shape index (κ3) is 3.77. The molecule has 5 rings (SSSR count). The predicted molar refractivity (Wildman–Crippen MR) is 120 cm³/mol. The van der Waals surface area contributed by atoms with Gasteiger partial charge in [0.1, 0.15) is 5.82 Å². The number of para-hydroxylation sites is 1. The van der Waals surface area contributed by atoms with Gasteiger partial charge in [0.2, 0.25) is 10.8 Å². The van der Waals surface area contributed by atoms with Crippen molar-refractivity contribution < 1.29 is 9.50 Å². The first-order chi connectivity index (χ1) is 15.1. The van der Waals surface area contributed by atoms with Crippen LogP contribution in [0, 0.1) is 5.82 Å². The number of aromatic hydroxyl groups is 1. The van der Waals surface area contributed by atoms with Crippen LogP contribution in [0.15, 0.2) is 54.6 Å². The predicted octanol–water partition coefficient (Wildman–Crippen LogP) is 4.11. The number of nitrogens with zero attached hydrogens (tertiary/aromatic N) is 5. The molecule has 0 radical (unpaired) electrons. The first kappa shape index (κ1) is 20.0. The average molecular weight is 438 g/mol. The third-order valence-corrected chi connectivity index (χ3v) is 6.85. The van der Waals surface area contributed by atoms with Gasteiger partial charge in [-0.2, -0.15) is 4.52 Å². The van der Waals surface area contributed by atoms with E-state index in [2.05, 4.69) is 32.0 Å². The maximum absolute atomic E-state index is 14.1. The Labute approximate surface area is 184 Å². The van der Waals surface area contributed by atoms with Gasteiger partial charge in [0.15, 0.2) is 5.82 Å². The second kappa shape index (κ2) is 8.28. The molecule has 1 saturated heterocycles. The molecular formula is C23H24FN5OS. The number of hydrogen-bond donors (Lipinski definition) is 1. The van der Waals surface area contributed by atoms with E-state index in [1.165, 1.54) is 27.6 Å². The SMILES string of the molecule is CCc1nc2sc([C@@H](c3cccc(F)c3)N3CCN(c4ccccc4)CC3)c(O)n2n1. The number of aromatic nitrogens is 3. The summed E-state index contributed by atoms with van der Waals surface area (Å²) in [7, 11) is 0. The van der Waals surface area contributed by atoms with E-state index < -0.39 is 0 Å². The Morgan fingerprint density at radius 3 is 2.52 bits per heavy atom. The molecule has 1 N–H and O–H groups in total. The monoisotopic (exact) mass is 437 g/mol. The molecule has 0 aliphatic carbocycles. The molecule has 2 aromatic heterocycles. The number of fused-ring (bicyclic) bond motifs is 1. The fraction of sp³-hybridized carbons (Fsp3) is 0.304. The van der Waals surface area contributed by atoms with E-state index >= 15 is 0 Å². The molecule has 1 aliphatic heterocycles. The summed E-state index contributed by atoms with van der Waals surface area (Å²) in [5.41, 5.74) is 2.03. The fourth-order valence-electron chi connectivity index (χ4n) is 4.20. The molecule has 2 aromatic carbocycles. The van der Waals surface area contributed by atoms with Crippen LogP contribution < -0.4 is 4.90 Å². The number of aryl methyl sites for hydroxylation is 1. The molecular weight excluding hydrogens is 413 g/mol. The number of thiazole rings is 1. The van der Waals surface area contributed by atoms with Crippen molar-refractivity contribution in [2.45, 2.75) is 19.4 Å². The number of rotatable bonds is 5. The van der Waals surface area contributed by atoms with Gasteiger partial charge in [-0.1, -0.05) is 48.6 Å². The minimum absolute atomic E-state index is 0.0898. The zero-order chi connectivity index (χ0) is 21.4. The smallest absolute Gasteiger partial charge is 0.230 e. The molecule has 4 aromatic rings. The summed E-state index contributed by atoms with van der Waals surface area (Å²) in [5, 5.41) is 15.4. The lowest BCUT2D eigenvalue weighted by molar-refractivity contribution is 0.211. The van der Waals surface area contributed by atoms with Crippen LogP contribution >= 0.6 is 11.3 Å². The minimum atomic E-state index is -0.280. The van der Waals surface area contributed by atoms with Gasteiger partial charge in [-0.15, -0.1) is 5.10 Å². The number of anilines is 1. The van der Waals surface area contributed by atoms with Crippen molar-refractivity contribution in [2.75, 3.05) is 31.1 Å². The molecule has 160 valence electrons. The Morgan fingerprint density at radius 2 is 1.84 bits per heavy atom. The highest BCUT2D eigenvalue weighted by molar-refractivity contribution is 7.17. The molecule has 3 heterocycles. The van der Waals surface area contributed by atoms with Crippen LogP contribution in [0.4, 0.5) is 10.1 Å². The van der Waals surface area contributed by atoms with Crippen LogP contribution in [-0.2, 0) is 6.42 Å². The normalized spacial score (nSPS) is 16.1. The van der Waals surface area contributed by atoms with Crippen molar-refractivity contribution in [1.29, 1.82) is 0 Å². The topological polar surface area (TPSA) is 56.9 Å². The first-order valence-electron chi connectivity index (χ1n) is 10.5.